The van der Waals surface area contributed by atoms with E-state index in [0.29, 0.717) is 10.6 Å². The molecule has 1 aliphatic rings. The smallest absolute Gasteiger partial charge is 0.258 e. The molecule has 1 unspecified atom stereocenters. The highest BCUT2D eigenvalue weighted by Crippen LogP contribution is 2.25. The minimum atomic E-state index is -0.0384. The van der Waals surface area contributed by atoms with Crippen LogP contribution in [0.15, 0.2) is 23.0 Å². The van der Waals surface area contributed by atoms with Crippen molar-refractivity contribution >= 4 is 22.7 Å². The number of hydrogen-bond donors (Lipinski definition) is 1. The van der Waals surface area contributed by atoms with Crippen molar-refractivity contribution in [3.05, 3.63) is 39.9 Å². The third kappa shape index (κ3) is 3.90. The lowest BCUT2D eigenvalue weighted by Gasteiger charge is -2.12. The molecule has 22 heavy (non-hydrogen) atoms. The number of aryl methyl sites for hydroxylation is 1. The lowest BCUT2D eigenvalue weighted by Crippen LogP contribution is -2.13. The Morgan fingerprint density at radius 1 is 1.36 bits per heavy atom. The second kappa shape index (κ2) is 7.79. The molecule has 0 amide bonds. The number of hydrogen-bond acceptors (Lipinski definition) is 4. The standard InChI is InChI=1S/C16H20N2O2S.CH4/c1-11-4-2-6-13-15(11)17-14(18-16(13)19)10-21-12-5-3-8-20-9-7-12;/h2,4,6,12H,3,5,7-10H2,1H3,(H,17,18,19);1H4. The monoisotopic (exact) mass is 320 g/mol. The maximum Gasteiger partial charge on any atom is 0.258 e. The van der Waals surface area contributed by atoms with Crippen LogP contribution in [0.25, 0.3) is 10.9 Å². The van der Waals surface area contributed by atoms with Crippen molar-refractivity contribution in [2.24, 2.45) is 0 Å². The minimum absolute atomic E-state index is 0. The molecule has 1 N–H and O–H groups in total. The van der Waals surface area contributed by atoms with E-state index in [1.165, 1.54) is 6.42 Å². The summed E-state index contributed by atoms with van der Waals surface area (Å²) < 4.78 is 5.48. The number of nitrogens with zero attached hydrogens (tertiary/aromatic N) is 1. The molecule has 1 atom stereocenters. The van der Waals surface area contributed by atoms with E-state index in [4.69, 9.17) is 4.74 Å². The molecule has 120 valence electrons. The number of nitrogens with one attached hydrogen (secondary N) is 1. The molecule has 4 nitrogen and oxygen atoms in total. The highest BCUT2D eigenvalue weighted by atomic mass is 32.2. The molecular weight excluding hydrogens is 296 g/mol. The van der Waals surface area contributed by atoms with Crippen molar-refractivity contribution in [1.82, 2.24) is 9.97 Å². The number of H-pyrrole nitrogens is 1. The third-order valence-corrected chi connectivity index (χ3v) is 5.22. The zero-order chi connectivity index (χ0) is 14.7. The van der Waals surface area contributed by atoms with E-state index < -0.39 is 0 Å². The van der Waals surface area contributed by atoms with Gasteiger partial charge in [0.05, 0.1) is 16.7 Å². The molecule has 2 aromatic rings. The first-order chi connectivity index (χ1) is 10.2. The van der Waals surface area contributed by atoms with Gasteiger partial charge in [-0.3, -0.25) is 4.79 Å². The molecule has 2 heterocycles. The molecule has 0 saturated carbocycles. The summed E-state index contributed by atoms with van der Waals surface area (Å²) in [6.07, 6.45) is 3.39. The summed E-state index contributed by atoms with van der Waals surface area (Å²) in [4.78, 5) is 19.7. The van der Waals surface area contributed by atoms with Crippen molar-refractivity contribution in [3.8, 4) is 0 Å². The number of thioether (sulfide) groups is 1. The molecule has 1 aliphatic heterocycles. The lowest BCUT2D eigenvalue weighted by atomic mass is 10.1. The normalized spacial score (nSPS) is 18.7. The van der Waals surface area contributed by atoms with Crippen LogP contribution in [0.4, 0.5) is 0 Å². The van der Waals surface area contributed by atoms with Gasteiger partial charge < -0.3 is 9.72 Å². The number of fused-ring (bicyclic) bond motifs is 1. The molecule has 1 saturated heterocycles. The maximum atomic E-state index is 12.1. The number of aromatic amines is 1. The first-order valence-corrected chi connectivity index (χ1v) is 8.47. The van der Waals surface area contributed by atoms with Crippen LogP contribution in [0.1, 0.15) is 38.1 Å². The first kappa shape index (κ1) is 17.0. The summed E-state index contributed by atoms with van der Waals surface area (Å²) >= 11 is 1.87. The lowest BCUT2D eigenvalue weighted by molar-refractivity contribution is 0.144. The van der Waals surface area contributed by atoms with Crippen LogP contribution < -0.4 is 5.56 Å². The van der Waals surface area contributed by atoms with Crippen molar-refractivity contribution in [1.29, 1.82) is 0 Å². The second-order valence-electron chi connectivity index (χ2n) is 5.46. The van der Waals surface area contributed by atoms with E-state index in [2.05, 4.69) is 9.97 Å². The summed E-state index contributed by atoms with van der Waals surface area (Å²) in [7, 11) is 0. The molecule has 1 fully saturated rings. The number of para-hydroxylation sites is 1. The number of aromatic nitrogens is 2. The van der Waals surface area contributed by atoms with Crippen LogP contribution in [0.3, 0.4) is 0 Å². The van der Waals surface area contributed by atoms with Crippen molar-refractivity contribution in [2.45, 2.75) is 44.6 Å². The SMILES string of the molecule is C.Cc1cccc2c(=O)[nH]c(CSC3CCCOCC3)nc12. The third-order valence-electron chi connectivity index (χ3n) is 3.84. The molecule has 1 aromatic carbocycles. The van der Waals surface area contributed by atoms with Crippen LogP contribution in [0.5, 0.6) is 0 Å². The molecule has 0 radical (unpaired) electrons. The minimum Gasteiger partial charge on any atom is -0.381 e. The fourth-order valence-electron chi connectivity index (χ4n) is 2.66. The van der Waals surface area contributed by atoms with Gasteiger partial charge in [-0.2, -0.15) is 11.8 Å². The van der Waals surface area contributed by atoms with Gasteiger partial charge in [0.2, 0.25) is 0 Å². The van der Waals surface area contributed by atoms with E-state index in [-0.39, 0.29) is 13.0 Å². The summed E-state index contributed by atoms with van der Waals surface area (Å²) in [5, 5.41) is 1.27. The van der Waals surface area contributed by atoms with Crippen molar-refractivity contribution in [2.75, 3.05) is 13.2 Å². The van der Waals surface area contributed by atoms with Gasteiger partial charge in [-0.1, -0.05) is 19.6 Å². The summed E-state index contributed by atoms with van der Waals surface area (Å²) in [5.74, 6) is 1.53. The first-order valence-electron chi connectivity index (χ1n) is 7.42. The van der Waals surface area contributed by atoms with Gasteiger partial charge in [0, 0.05) is 18.5 Å². The Morgan fingerprint density at radius 3 is 3.09 bits per heavy atom. The van der Waals surface area contributed by atoms with Gasteiger partial charge in [-0.25, -0.2) is 4.98 Å². The zero-order valence-corrected chi connectivity index (χ0v) is 13.0. The van der Waals surface area contributed by atoms with E-state index >= 15 is 0 Å². The molecule has 0 aliphatic carbocycles. The topological polar surface area (TPSA) is 55.0 Å². The molecule has 0 bridgehead atoms. The predicted octanol–water partition coefficient (Wildman–Crippen LogP) is 3.67. The van der Waals surface area contributed by atoms with Gasteiger partial charge in [0.1, 0.15) is 5.82 Å². The van der Waals surface area contributed by atoms with Crippen molar-refractivity contribution in [3.63, 3.8) is 0 Å². The molecule has 5 heteroatoms. The maximum absolute atomic E-state index is 12.1. The quantitative estimate of drug-likeness (QED) is 0.937. The van der Waals surface area contributed by atoms with Gasteiger partial charge in [-0.15, -0.1) is 0 Å². The predicted molar refractivity (Wildman–Crippen MR) is 93.6 cm³/mol. The van der Waals surface area contributed by atoms with E-state index in [0.717, 1.165) is 48.7 Å². The van der Waals surface area contributed by atoms with E-state index in [1.807, 2.05) is 36.9 Å². The molecular formula is C17H24N2O2S. The number of ether oxygens (including phenoxy) is 1. The summed E-state index contributed by atoms with van der Waals surface area (Å²) in [6, 6.07) is 5.72. The number of benzene rings is 1. The molecule has 1 aromatic heterocycles. The Kier molecular flexibility index (Phi) is 6.03. The highest BCUT2D eigenvalue weighted by Gasteiger charge is 2.14. The fraction of sp³-hybridized carbons (Fsp3) is 0.529. The Morgan fingerprint density at radius 2 is 2.23 bits per heavy atom. The number of rotatable bonds is 3. The summed E-state index contributed by atoms with van der Waals surface area (Å²) in [6.45, 7) is 3.72. The Balaban J connectivity index is 0.00000176. The van der Waals surface area contributed by atoms with E-state index in [9.17, 15) is 4.79 Å². The second-order valence-corrected chi connectivity index (χ2v) is 6.75. The van der Waals surface area contributed by atoms with Crippen LogP contribution >= 0.6 is 11.8 Å². The summed E-state index contributed by atoms with van der Waals surface area (Å²) in [5.41, 5.74) is 1.83. The zero-order valence-electron chi connectivity index (χ0n) is 12.2. The Hall–Kier alpha value is -1.33. The van der Waals surface area contributed by atoms with Gasteiger partial charge in [0.15, 0.2) is 0 Å². The van der Waals surface area contributed by atoms with Gasteiger partial charge in [-0.05, 0) is 37.8 Å². The largest absolute Gasteiger partial charge is 0.381 e. The van der Waals surface area contributed by atoms with Crippen LogP contribution in [0.2, 0.25) is 0 Å². The molecule has 3 rings (SSSR count). The van der Waals surface area contributed by atoms with Crippen LogP contribution in [-0.2, 0) is 10.5 Å². The molecule has 0 spiro atoms. The average molecular weight is 320 g/mol. The fourth-order valence-corrected chi connectivity index (χ4v) is 3.78. The van der Waals surface area contributed by atoms with Crippen LogP contribution in [0, 0.1) is 6.92 Å². The Labute approximate surface area is 135 Å². The van der Waals surface area contributed by atoms with Gasteiger partial charge >= 0.3 is 0 Å². The van der Waals surface area contributed by atoms with Gasteiger partial charge in [0.25, 0.3) is 5.56 Å². The Bertz CT molecular complexity index is 676. The van der Waals surface area contributed by atoms with Crippen LogP contribution in [-0.4, -0.2) is 28.4 Å². The van der Waals surface area contributed by atoms with E-state index in [1.54, 1.807) is 0 Å². The van der Waals surface area contributed by atoms with Crippen molar-refractivity contribution < 1.29 is 4.74 Å². The highest BCUT2D eigenvalue weighted by molar-refractivity contribution is 7.99. The average Bonchev–Trinajstić information content (AvgIpc) is 2.75.